The molecule has 0 aromatic heterocycles. The quantitative estimate of drug-likeness (QED) is 0.652. The Balaban J connectivity index is 0.00000338. The van der Waals surface area contributed by atoms with Gasteiger partial charge in [-0.25, -0.2) is 12.8 Å². The van der Waals surface area contributed by atoms with Gasteiger partial charge in [0.25, 0.3) is 0 Å². The summed E-state index contributed by atoms with van der Waals surface area (Å²) in [6.45, 7) is 1.95. The third-order valence-corrected chi connectivity index (χ3v) is 6.44. The SMILES string of the molecule is CNCCCNC(=O)C1CCN(S(=O)(=O)c2ccc(F)c(Cl)c2)CC1.Cl. The molecule has 1 fully saturated rings. The van der Waals surface area contributed by atoms with Gasteiger partial charge >= 0.3 is 0 Å². The molecule has 1 aliphatic heterocycles. The van der Waals surface area contributed by atoms with Crippen molar-refractivity contribution in [1.29, 1.82) is 0 Å². The molecule has 1 aromatic carbocycles. The van der Waals surface area contributed by atoms with Crippen LogP contribution in [0, 0.1) is 11.7 Å². The molecule has 1 amide bonds. The number of hydrogen-bond donors (Lipinski definition) is 2. The summed E-state index contributed by atoms with van der Waals surface area (Å²) in [5.74, 6) is -0.870. The molecule has 2 N–H and O–H groups in total. The minimum Gasteiger partial charge on any atom is -0.356 e. The Morgan fingerprint density at radius 2 is 1.96 bits per heavy atom. The lowest BCUT2D eigenvalue weighted by molar-refractivity contribution is -0.126. The van der Waals surface area contributed by atoms with E-state index in [2.05, 4.69) is 10.6 Å². The van der Waals surface area contributed by atoms with Crippen LogP contribution in [0.2, 0.25) is 5.02 Å². The Labute approximate surface area is 164 Å². The second-order valence-electron chi connectivity index (χ2n) is 6.00. The van der Waals surface area contributed by atoms with Crippen LogP contribution >= 0.6 is 24.0 Å². The standard InChI is InChI=1S/C16H23ClFN3O3S.ClH/c1-19-7-2-8-20-16(22)12-5-9-21(10-6-12)25(23,24)13-3-4-15(18)14(17)11-13;/h3-4,11-12,19H,2,5-10H2,1H3,(H,20,22);1H. The number of carbonyl (C=O) groups is 1. The van der Waals surface area contributed by atoms with Crippen molar-refractivity contribution in [2.45, 2.75) is 24.2 Å². The van der Waals surface area contributed by atoms with Crippen LogP contribution in [0.25, 0.3) is 0 Å². The first-order valence-corrected chi connectivity index (χ1v) is 10.1. The van der Waals surface area contributed by atoms with Gasteiger partial charge in [0, 0.05) is 25.6 Å². The van der Waals surface area contributed by atoms with E-state index in [1.54, 1.807) is 0 Å². The van der Waals surface area contributed by atoms with E-state index in [4.69, 9.17) is 11.6 Å². The van der Waals surface area contributed by atoms with Gasteiger partial charge in [0.05, 0.1) is 9.92 Å². The van der Waals surface area contributed by atoms with Crippen molar-refractivity contribution in [1.82, 2.24) is 14.9 Å². The normalized spacial score (nSPS) is 16.1. The van der Waals surface area contributed by atoms with E-state index in [9.17, 15) is 17.6 Å². The largest absolute Gasteiger partial charge is 0.356 e. The molecule has 0 aliphatic carbocycles. The van der Waals surface area contributed by atoms with Gasteiger partial charge in [-0.1, -0.05) is 11.6 Å². The van der Waals surface area contributed by atoms with E-state index in [1.807, 2.05) is 7.05 Å². The van der Waals surface area contributed by atoms with E-state index in [0.29, 0.717) is 19.4 Å². The lowest BCUT2D eigenvalue weighted by atomic mass is 9.97. The third-order valence-electron chi connectivity index (χ3n) is 4.26. The minimum absolute atomic E-state index is 0. The molecule has 26 heavy (non-hydrogen) atoms. The smallest absolute Gasteiger partial charge is 0.243 e. The summed E-state index contributed by atoms with van der Waals surface area (Å²) in [6, 6.07) is 3.37. The van der Waals surface area contributed by atoms with Crippen LogP contribution in [0.15, 0.2) is 23.1 Å². The van der Waals surface area contributed by atoms with Crippen LogP contribution in [0.3, 0.4) is 0 Å². The van der Waals surface area contributed by atoms with E-state index >= 15 is 0 Å². The lowest BCUT2D eigenvalue weighted by Crippen LogP contribution is -2.43. The van der Waals surface area contributed by atoms with Gasteiger partial charge in [0.2, 0.25) is 15.9 Å². The van der Waals surface area contributed by atoms with Gasteiger partial charge in [-0.3, -0.25) is 4.79 Å². The first-order valence-electron chi connectivity index (χ1n) is 8.23. The summed E-state index contributed by atoms with van der Waals surface area (Å²) in [7, 11) is -1.88. The van der Waals surface area contributed by atoms with Crippen LogP contribution in [-0.2, 0) is 14.8 Å². The number of rotatable bonds is 7. The van der Waals surface area contributed by atoms with Crippen molar-refractivity contribution in [3.8, 4) is 0 Å². The van der Waals surface area contributed by atoms with E-state index in [1.165, 1.54) is 10.4 Å². The summed E-state index contributed by atoms with van der Waals surface area (Å²) in [6.07, 6.45) is 1.78. The van der Waals surface area contributed by atoms with Crippen LogP contribution in [0.5, 0.6) is 0 Å². The predicted octanol–water partition coefficient (Wildman–Crippen LogP) is 2.03. The number of hydrogen-bond acceptors (Lipinski definition) is 4. The lowest BCUT2D eigenvalue weighted by Gasteiger charge is -2.30. The predicted molar refractivity (Wildman–Crippen MR) is 102 cm³/mol. The molecular formula is C16H24Cl2FN3O3S. The number of carbonyl (C=O) groups excluding carboxylic acids is 1. The molecule has 0 bridgehead atoms. The fourth-order valence-electron chi connectivity index (χ4n) is 2.77. The molecule has 0 atom stereocenters. The summed E-state index contributed by atoms with van der Waals surface area (Å²) in [5, 5.41) is 5.66. The van der Waals surface area contributed by atoms with E-state index in [-0.39, 0.29) is 47.2 Å². The van der Waals surface area contributed by atoms with Crippen molar-refractivity contribution in [3.05, 3.63) is 29.0 Å². The van der Waals surface area contributed by atoms with E-state index in [0.717, 1.165) is 25.1 Å². The summed E-state index contributed by atoms with van der Waals surface area (Å²) < 4.78 is 39.8. The fraction of sp³-hybridized carbons (Fsp3) is 0.562. The van der Waals surface area contributed by atoms with Gasteiger partial charge in [-0.05, 0) is 51.1 Å². The molecule has 1 aliphatic rings. The molecule has 1 aromatic rings. The fourth-order valence-corrected chi connectivity index (χ4v) is 4.51. The number of benzene rings is 1. The van der Waals surface area contributed by atoms with Gasteiger partial charge in [-0.2, -0.15) is 4.31 Å². The Kier molecular flexibility index (Phi) is 9.26. The zero-order valence-corrected chi connectivity index (χ0v) is 16.9. The highest BCUT2D eigenvalue weighted by Gasteiger charge is 2.32. The molecule has 0 spiro atoms. The number of piperidine rings is 1. The highest BCUT2D eigenvalue weighted by atomic mass is 35.5. The number of sulfonamides is 1. The van der Waals surface area contributed by atoms with Crippen LogP contribution < -0.4 is 10.6 Å². The maximum atomic E-state index is 13.2. The highest BCUT2D eigenvalue weighted by Crippen LogP contribution is 2.26. The molecule has 6 nitrogen and oxygen atoms in total. The van der Waals surface area contributed by atoms with Crippen molar-refractivity contribution in [2.75, 3.05) is 33.2 Å². The molecule has 1 saturated heterocycles. The summed E-state index contributed by atoms with van der Waals surface area (Å²) in [4.78, 5) is 12.1. The molecule has 148 valence electrons. The first kappa shape index (κ1) is 23.1. The number of amides is 1. The Morgan fingerprint density at radius 1 is 1.31 bits per heavy atom. The third kappa shape index (κ3) is 5.79. The van der Waals surface area contributed by atoms with Crippen molar-refractivity contribution >= 4 is 39.9 Å². The van der Waals surface area contributed by atoms with Crippen LogP contribution in [-0.4, -0.2) is 51.9 Å². The monoisotopic (exact) mass is 427 g/mol. The molecule has 1 heterocycles. The average Bonchev–Trinajstić information content (AvgIpc) is 2.61. The maximum absolute atomic E-state index is 13.2. The topological polar surface area (TPSA) is 78.5 Å². The van der Waals surface area contributed by atoms with Gasteiger partial charge in [0.1, 0.15) is 5.82 Å². The second kappa shape index (κ2) is 10.4. The Morgan fingerprint density at radius 3 is 2.54 bits per heavy atom. The van der Waals surface area contributed by atoms with E-state index < -0.39 is 15.8 Å². The van der Waals surface area contributed by atoms with Gasteiger partial charge < -0.3 is 10.6 Å². The van der Waals surface area contributed by atoms with Crippen LogP contribution in [0.4, 0.5) is 4.39 Å². The maximum Gasteiger partial charge on any atom is 0.243 e. The minimum atomic E-state index is -3.73. The summed E-state index contributed by atoms with van der Waals surface area (Å²) in [5.41, 5.74) is 0. The molecule has 0 radical (unpaired) electrons. The number of halogens is 3. The first-order chi connectivity index (χ1) is 11.9. The van der Waals surface area contributed by atoms with Crippen molar-refractivity contribution in [3.63, 3.8) is 0 Å². The molecule has 0 saturated carbocycles. The van der Waals surface area contributed by atoms with Gasteiger partial charge in [-0.15, -0.1) is 12.4 Å². The van der Waals surface area contributed by atoms with Gasteiger partial charge in [0.15, 0.2) is 0 Å². The van der Waals surface area contributed by atoms with Crippen molar-refractivity contribution in [2.24, 2.45) is 5.92 Å². The Bertz CT molecular complexity index is 711. The second-order valence-corrected chi connectivity index (χ2v) is 8.35. The molecule has 10 heteroatoms. The number of nitrogens with one attached hydrogen (secondary N) is 2. The van der Waals surface area contributed by atoms with Crippen molar-refractivity contribution < 1.29 is 17.6 Å². The zero-order chi connectivity index (χ0) is 18.4. The Hall–Kier alpha value is -0.930. The zero-order valence-electron chi connectivity index (χ0n) is 14.5. The highest BCUT2D eigenvalue weighted by molar-refractivity contribution is 7.89. The number of nitrogens with zero attached hydrogens (tertiary/aromatic N) is 1. The molecule has 0 unspecified atom stereocenters. The molecular weight excluding hydrogens is 404 g/mol. The van der Waals surface area contributed by atoms with Crippen LogP contribution in [0.1, 0.15) is 19.3 Å². The summed E-state index contributed by atoms with van der Waals surface area (Å²) >= 11 is 5.68. The average molecular weight is 428 g/mol. The molecule has 2 rings (SSSR count).